The molecule has 0 aromatic heterocycles. The zero-order valence-corrected chi connectivity index (χ0v) is 19.5. The summed E-state index contributed by atoms with van der Waals surface area (Å²) in [5, 5.41) is 0. The average Bonchev–Trinajstić information content (AvgIpc) is 3.03. The summed E-state index contributed by atoms with van der Waals surface area (Å²) in [7, 11) is 1.73. The molecule has 0 bridgehead atoms. The Kier molecular flexibility index (Phi) is 10.1. The lowest BCUT2D eigenvalue weighted by atomic mass is 10.2. The van der Waals surface area contributed by atoms with Gasteiger partial charge in [0.1, 0.15) is 5.60 Å². The summed E-state index contributed by atoms with van der Waals surface area (Å²) in [6, 6.07) is 0.451. The summed E-state index contributed by atoms with van der Waals surface area (Å²) in [5.74, 6) is 0.576. The topological polar surface area (TPSA) is 83.6 Å². The van der Waals surface area contributed by atoms with Gasteiger partial charge in [0.05, 0.1) is 13.2 Å². The van der Waals surface area contributed by atoms with Crippen molar-refractivity contribution in [1.29, 1.82) is 0 Å². The number of aliphatic imine (C=N–C) groups is 1. The molecule has 27 heavy (non-hydrogen) atoms. The highest BCUT2D eigenvalue weighted by Crippen LogP contribution is 2.17. The SMILES string of the molecule is COCCN1CCCC1CN=C(N)N1CCN(C(=O)OC(C)(C)C)CC1.I. The van der Waals surface area contributed by atoms with Crippen molar-refractivity contribution in [3.63, 3.8) is 0 Å². The first kappa shape index (κ1) is 24.2. The van der Waals surface area contributed by atoms with Crippen LogP contribution in [-0.4, -0.2) is 97.9 Å². The second-order valence-corrected chi connectivity index (χ2v) is 7.98. The number of hydrogen-bond acceptors (Lipinski definition) is 5. The highest BCUT2D eigenvalue weighted by atomic mass is 127. The Labute approximate surface area is 180 Å². The third-order valence-corrected chi connectivity index (χ3v) is 4.80. The molecule has 0 saturated carbocycles. The van der Waals surface area contributed by atoms with Gasteiger partial charge in [-0.1, -0.05) is 0 Å². The summed E-state index contributed by atoms with van der Waals surface area (Å²) in [6.45, 7) is 11.8. The van der Waals surface area contributed by atoms with E-state index in [0.29, 0.717) is 38.2 Å². The van der Waals surface area contributed by atoms with E-state index in [2.05, 4.69) is 14.8 Å². The Bertz CT molecular complexity index is 490. The van der Waals surface area contributed by atoms with Crippen molar-refractivity contribution in [1.82, 2.24) is 14.7 Å². The smallest absolute Gasteiger partial charge is 0.410 e. The molecule has 0 aromatic carbocycles. The first-order valence-electron chi connectivity index (χ1n) is 9.56. The molecule has 1 amide bonds. The number of nitrogens with zero attached hydrogens (tertiary/aromatic N) is 4. The van der Waals surface area contributed by atoms with Gasteiger partial charge < -0.3 is 25.0 Å². The van der Waals surface area contributed by atoms with E-state index in [1.165, 1.54) is 6.42 Å². The number of ether oxygens (including phenoxy) is 2. The van der Waals surface area contributed by atoms with Crippen LogP contribution in [-0.2, 0) is 9.47 Å². The number of carbonyl (C=O) groups excluding carboxylic acids is 1. The number of likely N-dealkylation sites (tertiary alicyclic amines) is 1. The summed E-state index contributed by atoms with van der Waals surface area (Å²) in [4.78, 5) is 23.0. The Morgan fingerprint density at radius 2 is 1.78 bits per heavy atom. The van der Waals surface area contributed by atoms with Crippen molar-refractivity contribution in [2.24, 2.45) is 10.7 Å². The third kappa shape index (κ3) is 7.98. The van der Waals surface area contributed by atoms with Crippen molar-refractivity contribution in [2.75, 3.05) is 59.5 Å². The number of guanidine groups is 1. The van der Waals surface area contributed by atoms with Gasteiger partial charge in [-0.15, -0.1) is 24.0 Å². The minimum absolute atomic E-state index is 0. The zero-order chi connectivity index (χ0) is 19.2. The number of nitrogens with two attached hydrogens (primary N) is 1. The van der Waals surface area contributed by atoms with Crippen LogP contribution in [0.2, 0.25) is 0 Å². The lowest BCUT2D eigenvalue weighted by molar-refractivity contribution is 0.0186. The van der Waals surface area contributed by atoms with Crippen LogP contribution in [0.5, 0.6) is 0 Å². The average molecular weight is 497 g/mol. The zero-order valence-electron chi connectivity index (χ0n) is 17.1. The van der Waals surface area contributed by atoms with Gasteiger partial charge in [-0.25, -0.2) is 4.79 Å². The minimum atomic E-state index is -0.468. The van der Waals surface area contributed by atoms with E-state index in [4.69, 9.17) is 15.2 Å². The Balaban J connectivity index is 0.00000364. The molecule has 0 spiro atoms. The van der Waals surface area contributed by atoms with Crippen LogP contribution >= 0.6 is 24.0 Å². The summed E-state index contributed by atoms with van der Waals surface area (Å²) in [5.41, 5.74) is 5.73. The lowest BCUT2D eigenvalue weighted by Gasteiger charge is -2.36. The molecule has 2 aliphatic rings. The molecular weight excluding hydrogens is 461 g/mol. The molecule has 2 aliphatic heterocycles. The van der Waals surface area contributed by atoms with E-state index in [1.54, 1.807) is 12.0 Å². The summed E-state index contributed by atoms with van der Waals surface area (Å²) in [6.07, 6.45) is 2.11. The van der Waals surface area contributed by atoms with Crippen LogP contribution in [0.3, 0.4) is 0 Å². The fourth-order valence-corrected chi connectivity index (χ4v) is 3.35. The maximum absolute atomic E-state index is 12.1. The molecule has 2 fully saturated rings. The normalized spacial score (nSPS) is 21.9. The van der Waals surface area contributed by atoms with Crippen molar-refractivity contribution in [3.05, 3.63) is 0 Å². The molecule has 2 N–H and O–H groups in total. The first-order valence-corrected chi connectivity index (χ1v) is 9.56. The van der Waals surface area contributed by atoms with Crippen LogP contribution in [0.15, 0.2) is 4.99 Å². The van der Waals surface area contributed by atoms with E-state index in [-0.39, 0.29) is 30.1 Å². The Morgan fingerprint density at radius 3 is 2.37 bits per heavy atom. The van der Waals surface area contributed by atoms with Crippen LogP contribution in [0.4, 0.5) is 4.79 Å². The maximum Gasteiger partial charge on any atom is 0.410 e. The van der Waals surface area contributed by atoms with Crippen molar-refractivity contribution >= 4 is 36.0 Å². The Hall–Kier alpha value is -0.810. The van der Waals surface area contributed by atoms with Gasteiger partial charge in [-0.3, -0.25) is 9.89 Å². The third-order valence-electron chi connectivity index (χ3n) is 4.80. The van der Waals surface area contributed by atoms with Crippen molar-refractivity contribution in [2.45, 2.75) is 45.3 Å². The van der Waals surface area contributed by atoms with Gasteiger partial charge in [0.15, 0.2) is 5.96 Å². The molecule has 2 saturated heterocycles. The Morgan fingerprint density at radius 1 is 1.15 bits per heavy atom. The van der Waals surface area contributed by atoms with Crippen LogP contribution in [0, 0.1) is 0 Å². The molecule has 158 valence electrons. The lowest BCUT2D eigenvalue weighted by Crippen LogP contribution is -2.53. The van der Waals surface area contributed by atoms with Gasteiger partial charge in [0, 0.05) is 45.9 Å². The number of carbonyl (C=O) groups is 1. The first-order chi connectivity index (χ1) is 12.3. The fraction of sp³-hybridized carbons (Fsp3) is 0.889. The number of methoxy groups -OCH3 is 1. The van der Waals surface area contributed by atoms with E-state index >= 15 is 0 Å². The van der Waals surface area contributed by atoms with Gasteiger partial charge >= 0.3 is 6.09 Å². The molecule has 2 heterocycles. The van der Waals surface area contributed by atoms with Crippen LogP contribution < -0.4 is 5.73 Å². The molecule has 0 aromatic rings. The molecule has 1 unspecified atom stereocenters. The van der Waals surface area contributed by atoms with E-state index in [9.17, 15) is 4.79 Å². The quantitative estimate of drug-likeness (QED) is 0.353. The molecule has 9 heteroatoms. The number of rotatable bonds is 5. The number of halogens is 1. The number of piperazine rings is 1. The summed E-state index contributed by atoms with van der Waals surface area (Å²) >= 11 is 0. The van der Waals surface area contributed by atoms with E-state index < -0.39 is 5.60 Å². The molecular formula is C18H36IN5O3. The van der Waals surface area contributed by atoms with E-state index in [1.807, 2.05) is 20.8 Å². The van der Waals surface area contributed by atoms with E-state index in [0.717, 1.165) is 32.7 Å². The largest absolute Gasteiger partial charge is 0.444 e. The van der Waals surface area contributed by atoms with Crippen LogP contribution in [0.25, 0.3) is 0 Å². The molecule has 1 atom stereocenters. The van der Waals surface area contributed by atoms with Gasteiger partial charge in [0.2, 0.25) is 0 Å². The van der Waals surface area contributed by atoms with Gasteiger partial charge in [-0.05, 0) is 40.2 Å². The molecule has 8 nitrogen and oxygen atoms in total. The minimum Gasteiger partial charge on any atom is -0.444 e. The maximum atomic E-state index is 12.1. The second-order valence-electron chi connectivity index (χ2n) is 7.98. The monoisotopic (exact) mass is 497 g/mol. The number of hydrogen-bond donors (Lipinski definition) is 1. The molecule has 0 radical (unpaired) electrons. The molecule has 0 aliphatic carbocycles. The molecule has 2 rings (SSSR count). The predicted octanol–water partition coefficient (Wildman–Crippen LogP) is 1.58. The van der Waals surface area contributed by atoms with Gasteiger partial charge in [0.25, 0.3) is 0 Å². The van der Waals surface area contributed by atoms with Crippen LogP contribution in [0.1, 0.15) is 33.6 Å². The second kappa shape index (κ2) is 11.3. The number of amides is 1. The standard InChI is InChI=1S/C18H35N5O3.HI/c1-18(2,3)26-17(24)23-10-8-22(9-11-23)16(19)20-14-15-6-5-7-21(15)12-13-25-4;/h15H,5-14H2,1-4H3,(H2,19,20);1H. The highest BCUT2D eigenvalue weighted by molar-refractivity contribution is 14.0. The summed E-state index contributed by atoms with van der Waals surface area (Å²) < 4.78 is 10.6. The highest BCUT2D eigenvalue weighted by Gasteiger charge is 2.27. The predicted molar refractivity (Wildman–Crippen MR) is 118 cm³/mol. The van der Waals surface area contributed by atoms with Crippen molar-refractivity contribution < 1.29 is 14.3 Å². The van der Waals surface area contributed by atoms with Crippen molar-refractivity contribution in [3.8, 4) is 0 Å². The van der Waals surface area contributed by atoms with Gasteiger partial charge in [-0.2, -0.15) is 0 Å². The fourth-order valence-electron chi connectivity index (χ4n) is 3.35.